The first-order valence-electron chi connectivity index (χ1n) is 5.54. The highest BCUT2D eigenvalue weighted by Gasteiger charge is 2.41. The monoisotopic (exact) mass is 285 g/mol. The Morgan fingerprint density at radius 1 is 1.75 bits per heavy atom. The third-order valence-corrected chi connectivity index (χ3v) is 4.09. The minimum atomic E-state index is -0.240. The quantitative estimate of drug-likeness (QED) is 0.861. The number of hydrogen-bond acceptors (Lipinski definition) is 3. The molecule has 0 spiro atoms. The summed E-state index contributed by atoms with van der Waals surface area (Å²) in [6.45, 7) is 3.78. The summed E-state index contributed by atoms with van der Waals surface area (Å²) in [6, 6.07) is 0. The minimum absolute atomic E-state index is 0.201. The van der Waals surface area contributed by atoms with E-state index in [-0.39, 0.29) is 11.2 Å². The Hall–Kier alpha value is -0.680. The summed E-state index contributed by atoms with van der Waals surface area (Å²) in [6.07, 6.45) is 3.47. The van der Waals surface area contributed by atoms with Crippen molar-refractivity contribution in [2.24, 2.45) is 12.5 Å². The molecule has 1 N–H and O–H groups in total. The maximum Gasteiger partial charge on any atom is 0.189 e. The number of hydrogen-bond donors (Lipinski definition) is 1. The Labute approximate surface area is 104 Å². The molecule has 1 aliphatic heterocycles. The number of carbonyl (C=O) groups is 1. The van der Waals surface area contributed by atoms with Crippen molar-refractivity contribution in [1.29, 1.82) is 0 Å². The molecule has 1 unspecified atom stereocenters. The van der Waals surface area contributed by atoms with Gasteiger partial charge in [-0.25, -0.2) is 0 Å². The van der Waals surface area contributed by atoms with Crippen molar-refractivity contribution >= 4 is 21.7 Å². The number of halogens is 1. The van der Waals surface area contributed by atoms with Gasteiger partial charge in [0.1, 0.15) is 5.69 Å². The molecule has 0 radical (unpaired) electrons. The predicted octanol–water partition coefficient (Wildman–Crippen LogP) is 1.75. The van der Waals surface area contributed by atoms with Crippen LogP contribution in [0.4, 0.5) is 0 Å². The maximum atomic E-state index is 12.6. The number of aromatic nitrogens is 2. The largest absolute Gasteiger partial charge is 0.316 e. The molecule has 0 saturated carbocycles. The first-order valence-corrected chi connectivity index (χ1v) is 6.33. The van der Waals surface area contributed by atoms with Crippen LogP contribution in [0.1, 0.15) is 30.3 Å². The Balaban J connectivity index is 2.38. The van der Waals surface area contributed by atoms with Gasteiger partial charge in [0.15, 0.2) is 5.78 Å². The van der Waals surface area contributed by atoms with Gasteiger partial charge in [0.2, 0.25) is 0 Å². The fraction of sp³-hybridized carbons (Fsp3) is 0.636. The zero-order valence-corrected chi connectivity index (χ0v) is 11.2. The third-order valence-electron chi connectivity index (χ3n) is 3.51. The lowest BCUT2D eigenvalue weighted by Crippen LogP contribution is -2.34. The second-order valence-electron chi connectivity index (χ2n) is 4.35. The molecule has 1 aromatic heterocycles. The van der Waals surface area contributed by atoms with Crippen LogP contribution in [-0.4, -0.2) is 28.7 Å². The topological polar surface area (TPSA) is 46.9 Å². The predicted molar refractivity (Wildman–Crippen MR) is 65.4 cm³/mol. The molecule has 1 atom stereocenters. The number of nitrogens with zero attached hydrogens (tertiary/aromatic N) is 2. The van der Waals surface area contributed by atoms with E-state index in [1.807, 2.05) is 7.05 Å². The van der Waals surface area contributed by atoms with Crippen molar-refractivity contribution < 1.29 is 4.79 Å². The molecule has 0 aliphatic carbocycles. The summed E-state index contributed by atoms with van der Waals surface area (Å²) in [5.74, 6) is 0.201. The average Bonchev–Trinajstić information content (AvgIpc) is 2.86. The van der Waals surface area contributed by atoms with Crippen LogP contribution in [0.3, 0.4) is 0 Å². The minimum Gasteiger partial charge on any atom is -0.316 e. The van der Waals surface area contributed by atoms with Crippen LogP contribution in [0.5, 0.6) is 0 Å². The molecule has 16 heavy (non-hydrogen) atoms. The number of carbonyl (C=O) groups excluding carboxylic acids is 1. The Bertz CT molecular complexity index is 388. The van der Waals surface area contributed by atoms with E-state index >= 15 is 0 Å². The van der Waals surface area contributed by atoms with E-state index in [0.29, 0.717) is 5.69 Å². The second-order valence-corrected chi connectivity index (χ2v) is 5.21. The molecule has 88 valence electrons. The van der Waals surface area contributed by atoms with Crippen LogP contribution >= 0.6 is 15.9 Å². The molecule has 2 heterocycles. The highest BCUT2D eigenvalue weighted by atomic mass is 79.9. The SMILES string of the molecule is CCC1(C(=O)c2c(Br)cnn2C)CCNC1. The smallest absolute Gasteiger partial charge is 0.189 e. The molecular weight excluding hydrogens is 270 g/mol. The molecular formula is C11H16BrN3O. The van der Waals surface area contributed by atoms with E-state index in [4.69, 9.17) is 0 Å². The van der Waals surface area contributed by atoms with E-state index in [1.54, 1.807) is 10.9 Å². The summed E-state index contributed by atoms with van der Waals surface area (Å²) in [7, 11) is 1.81. The number of aryl methyl sites for hydroxylation is 1. The lowest BCUT2D eigenvalue weighted by atomic mass is 9.79. The van der Waals surface area contributed by atoms with Crippen molar-refractivity contribution in [2.75, 3.05) is 13.1 Å². The lowest BCUT2D eigenvalue weighted by molar-refractivity contribution is 0.0799. The normalized spacial score (nSPS) is 24.9. The van der Waals surface area contributed by atoms with Gasteiger partial charge < -0.3 is 5.32 Å². The van der Waals surface area contributed by atoms with Crippen molar-refractivity contribution in [2.45, 2.75) is 19.8 Å². The van der Waals surface area contributed by atoms with Gasteiger partial charge in [-0.1, -0.05) is 6.92 Å². The van der Waals surface area contributed by atoms with E-state index in [0.717, 1.165) is 30.4 Å². The summed E-state index contributed by atoms with van der Waals surface area (Å²) >= 11 is 3.39. The van der Waals surface area contributed by atoms with Gasteiger partial charge in [0, 0.05) is 19.0 Å². The van der Waals surface area contributed by atoms with Crippen molar-refractivity contribution in [3.05, 3.63) is 16.4 Å². The summed E-state index contributed by atoms with van der Waals surface area (Å²) in [5, 5.41) is 7.38. The summed E-state index contributed by atoms with van der Waals surface area (Å²) in [4.78, 5) is 12.6. The van der Waals surface area contributed by atoms with E-state index in [1.165, 1.54) is 0 Å². The number of Topliss-reactive ketones (excluding diaryl/α,β-unsaturated/α-hetero) is 1. The van der Waals surface area contributed by atoms with Gasteiger partial charge in [0.05, 0.1) is 10.7 Å². The van der Waals surface area contributed by atoms with Gasteiger partial charge in [-0.2, -0.15) is 5.10 Å². The third kappa shape index (κ3) is 1.72. The van der Waals surface area contributed by atoms with Crippen LogP contribution < -0.4 is 5.32 Å². The number of ketones is 1. The van der Waals surface area contributed by atoms with Gasteiger partial charge in [-0.15, -0.1) is 0 Å². The highest BCUT2D eigenvalue weighted by molar-refractivity contribution is 9.10. The summed E-state index contributed by atoms with van der Waals surface area (Å²) < 4.78 is 2.45. The van der Waals surface area contributed by atoms with Crippen LogP contribution in [0.15, 0.2) is 10.7 Å². The Morgan fingerprint density at radius 2 is 2.50 bits per heavy atom. The molecule has 1 saturated heterocycles. The first-order chi connectivity index (χ1) is 7.60. The number of nitrogens with one attached hydrogen (secondary N) is 1. The first kappa shape index (κ1) is 11.8. The molecule has 1 fully saturated rings. The maximum absolute atomic E-state index is 12.6. The molecule has 0 amide bonds. The van der Waals surface area contributed by atoms with Crippen LogP contribution in [0, 0.1) is 5.41 Å². The van der Waals surface area contributed by atoms with Gasteiger partial charge in [-0.05, 0) is 35.3 Å². The van der Waals surface area contributed by atoms with Gasteiger partial charge >= 0.3 is 0 Å². The molecule has 0 aromatic carbocycles. The zero-order chi connectivity index (χ0) is 11.8. The second kappa shape index (κ2) is 4.30. The van der Waals surface area contributed by atoms with Crippen LogP contribution in [-0.2, 0) is 7.05 Å². The Kier molecular flexibility index (Phi) is 3.17. The van der Waals surface area contributed by atoms with Crippen molar-refractivity contribution in [3.8, 4) is 0 Å². The van der Waals surface area contributed by atoms with Gasteiger partial charge in [-0.3, -0.25) is 9.48 Å². The van der Waals surface area contributed by atoms with E-state index in [2.05, 4.69) is 33.3 Å². The van der Waals surface area contributed by atoms with Crippen LogP contribution in [0.25, 0.3) is 0 Å². The van der Waals surface area contributed by atoms with E-state index < -0.39 is 0 Å². The molecule has 2 rings (SSSR count). The zero-order valence-electron chi connectivity index (χ0n) is 9.59. The van der Waals surface area contributed by atoms with E-state index in [9.17, 15) is 4.79 Å². The average molecular weight is 286 g/mol. The van der Waals surface area contributed by atoms with Crippen molar-refractivity contribution in [1.82, 2.24) is 15.1 Å². The molecule has 5 heteroatoms. The summed E-state index contributed by atoms with van der Waals surface area (Å²) in [5.41, 5.74) is 0.446. The lowest BCUT2D eigenvalue weighted by Gasteiger charge is -2.24. The standard InChI is InChI=1S/C11H16BrN3O/c1-3-11(4-5-13-7-11)10(16)9-8(12)6-14-15(9)2/h6,13H,3-5,7H2,1-2H3. The molecule has 0 bridgehead atoms. The Morgan fingerprint density at radius 3 is 2.94 bits per heavy atom. The highest BCUT2D eigenvalue weighted by Crippen LogP contribution is 2.35. The fourth-order valence-corrected chi connectivity index (χ4v) is 2.85. The van der Waals surface area contributed by atoms with Crippen molar-refractivity contribution in [3.63, 3.8) is 0 Å². The fourth-order valence-electron chi connectivity index (χ4n) is 2.32. The molecule has 1 aromatic rings. The van der Waals surface area contributed by atoms with Crippen LogP contribution in [0.2, 0.25) is 0 Å². The van der Waals surface area contributed by atoms with Gasteiger partial charge in [0.25, 0.3) is 0 Å². The number of rotatable bonds is 3. The molecule has 1 aliphatic rings. The molecule has 4 nitrogen and oxygen atoms in total.